The summed E-state index contributed by atoms with van der Waals surface area (Å²) in [6, 6.07) is 7.96. The second-order valence-corrected chi connectivity index (χ2v) is 9.05. The highest BCUT2D eigenvalue weighted by Crippen LogP contribution is 2.46. The van der Waals surface area contributed by atoms with E-state index in [0.717, 1.165) is 29.5 Å². The normalized spacial score (nSPS) is 25.1. The molecular weight excluding hydrogens is 446 g/mol. The molecule has 0 amide bonds. The van der Waals surface area contributed by atoms with Crippen molar-refractivity contribution in [1.82, 2.24) is 0 Å². The summed E-state index contributed by atoms with van der Waals surface area (Å²) in [6.45, 7) is 0. The van der Waals surface area contributed by atoms with E-state index in [0.29, 0.717) is 35.5 Å². The van der Waals surface area contributed by atoms with Gasteiger partial charge in [-0.3, -0.25) is 0 Å². The minimum atomic E-state index is -0.668. The van der Waals surface area contributed by atoms with E-state index in [1.54, 1.807) is 0 Å². The van der Waals surface area contributed by atoms with Crippen LogP contribution in [0.5, 0.6) is 0 Å². The second-order valence-electron chi connectivity index (χ2n) is 9.05. The highest BCUT2D eigenvalue weighted by atomic mass is 79.9. The molecule has 4 rings (SSSR count). The lowest BCUT2D eigenvalue weighted by Gasteiger charge is -2.45. The number of rotatable bonds is 4. The van der Waals surface area contributed by atoms with Crippen molar-refractivity contribution in [1.29, 1.82) is 0 Å². The maximum atomic E-state index is 13.9. The van der Waals surface area contributed by atoms with E-state index < -0.39 is 29.2 Å². The minimum absolute atomic E-state index is 0. The molecule has 1 nitrogen and oxygen atoms in total. The van der Waals surface area contributed by atoms with Crippen LogP contribution in [0.4, 0.5) is 17.6 Å². The average Bonchev–Trinajstić information content (AvgIpc) is 2.76. The zero-order chi connectivity index (χ0) is 20.1. The van der Waals surface area contributed by atoms with Crippen LogP contribution >= 0.6 is 0 Å². The summed E-state index contributed by atoms with van der Waals surface area (Å²) in [5.74, 6) is -2.74. The fraction of sp³-hybridized carbons (Fsp3) is 0.478. The molecule has 1 unspecified atom stereocenters. The van der Waals surface area contributed by atoms with E-state index >= 15 is 0 Å². The van der Waals surface area contributed by atoms with Crippen LogP contribution in [-0.2, 0) is 0 Å². The van der Waals surface area contributed by atoms with E-state index in [-0.39, 0.29) is 17.0 Å². The summed E-state index contributed by atoms with van der Waals surface area (Å²) in [6.07, 6.45) is 5.11. The number of nitrogens with zero attached hydrogens (tertiary/aromatic N) is 1. The topological polar surface area (TPSA) is 0 Å². The van der Waals surface area contributed by atoms with Crippen molar-refractivity contribution < 1.29 is 39.0 Å². The van der Waals surface area contributed by atoms with Crippen LogP contribution in [0.2, 0.25) is 0 Å². The molecule has 0 saturated carbocycles. The van der Waals surface area contributed by atoms with Crippen molar-refractivity contribution in [3.05, 3.63) is 70.8 Å². The van der Waals surface area contributed by atoms with E-state index in [9.17, 15) is 17.6 Å². The number of hydrogen-bond acceptors (Lipinski definition) is 0. The van der Waals surface area contributed by atoms with Gasteiger partial charge in [-0.1, -0.05) is 0 Å². The SMILES string of the molecule is C[N+]1(C)[C@@H]2CC[C@H]1CC(CC(c1cc(F)cc(F)c1)c1cc(F)cc(F)c1)C2.[Br-]. The van der Waals surface area contributed by atoms with E-state index in [2.05, 4.69) is 14.1 Å². The molecule has 2 aromatic carbocycles. The first-order chi connectivity index (χ1) is 13.2. The van der Waals surface area contributed by atoms with Crippen LogP contribution in [0, 0.1) is 29.2 Å². The van der Waals surface area contributed by atoms with Crippen LogP contribution in [0.1, 0.15) is 49.1 Å². The fourth-order valence-corrected chi connectivity index (χ4v) is 5.54. The van der Waals surface area contributed by atoms with Gasteiger partial charge < -0.3 is 21.5 Å². The Morgan fingerprint density at radius 1 is 0.759 bits per heavy atom. The first-order valence-electron chi connectivity index (χ1n) is 9.97. The Hall–Kier alpha value is -1.40. The molecule has 2 aliphatic heterocycles. The van der Waals surface area contributed by atoms with Gasteiger partial charge in [0.25, 0.3) is 0 Å². The van der Waals surface area contributed by atoms with Crippen molar-refractivity contribution in [2.45, 2.75) is 50.1 Å². The highest BCUT2D eigenvalue weighted by molar-refractivity contribution is 5.34. The smallest absolute Gasteiger partial charge is 0.126 e. The molecule has 2 bridgehead atoms. The first-order valence-corrected chi connectivity index (χ1v) is 9.97. The van der Waals surface area contributed by atoms with Crippen LogP contribution in [0.25, 0.3) is 0 Å². The predicted octanol–water partition coefficient (Wildman–Crippen LogP) is 2.79. The van der Waals surface area contributed by atoms with Crippen molar-refractivity contribution in [3.63, 3.8) is 0 Å². The summed E-state index contributed by atoms with van der Waals surface area (Å²) < 4.78 is 56.6. The van der Waals surface area contributed by atoms with Gasteiger partial charge in [-0.25, -0.2) is 17.6 Å². The molecule has 6 heteroatoms. The molecule has 2 heterocycles. The lowest BCUT2D eigenvalue weighted by atomic mass is 9.78. The molecule has 2 aromatic rings. The monoisotopic (exact) mass is 471 g/mol. The third-order valence-electron chi connectivity index (χ3n) is 7.07. The summed E-state index contributed by atoms with van der Waals surface area (Å²) in [4.78, 5) is 0. The van der Waals surface area contributed by atoms with Crippen LogP contribution in [0.15, 0.2) is 36.4 Å². The van der Waals surface area contributed by atoms with E-state index in [1.807, 2.05) is 0 Å². The number of piperidine rings is 1. The molecule has 2 fully saturated rings. The summed E-state index contributed by atoms with van der Waals surface area (Å²) in [5, 5.41) is 0. The lowest BCUT2D eigenvalue weighted by Crippen LogP contribution is -3.00. The third-order valence-corrected chi connectivity index (χ3v) is 7.07. The summed E-state index contributed by atoms with van der Waals surface area (Å²) in [5.41, 5.74) is 0.878. The maximum absolute atomic E-state index is 13.9. The van der Waals surface area contributed by atoms with Gasteiger partial charge in [0, 0.05) is 43.7 Å². The molecule has 2 aliphatic rings. The van der Waals surface area contributed by atoms with Crippen molar-refractivity contribution in [3.8, 4) is 0 Å². The van der Waals surface area contributed by atoms with Crippen LogP contribution < -0.4 is 17.0 Å². The molecule has 158 valence electrons. The number of quaternary nitrogens is 1. The molecule has 2 saturated heterocycles. The van der Waals surface area contributed by atoms with E-state index in [1.165, 1.54) is 37.1 Å². The number of benzene rings is 2. The fourth-order valence-electron chi connectivity index (χ4n) is 5.54. The van der Waals surface area contributed by atoms with Gasteiger partial charge in [0.15, 0.2) is 0 Å². The van der Waals surface area contributed by atoms with E-state index in [4.69, 9.17) is 0 Å². The Bertz CT molecular complexity index is 777. The number of hydrogen-bond donors (Lipinski definition) is 0. The quantitative estimate of drug-likeness (QED) is 0.475. The molecule has 3 atom stereocenters. The zero-order valence-corrected chi connectivity index (χ0v) is 18.2. The number of fused-ring (bicyclic) bond motifs is 2. The number of halogens is 5. The Morgan fingerprint density at radius 3 is 1.52 bits per heavy atom. The van der Waals surface area contributed by atoms with Gasteiger partial charge >= 0.3 is 0 Å². The van der Waals surface area contributed by atoms with Crippen LogP contribution in [0.3, 0.4) is 0 Å². The molecular formula is C23H26BrF4N. The molecule has 0 aromatic heterocycles. The largest absolute Gasteiger partial charge is 1.00 e. The molecule has 0 N–H and O–H groups in total. The van der Waals surface area contributed by atoms with Gasteiger partial charge in [0.1, 0.15) is 23.3 Å². The Balaban J connectivity index is 0.00000240. The second kappa shape index (κ2) is 8.38. The highest BCUT2D eigenvalue weighted by Gasteiger charge is 2.49. The molecule has 0 aliphatic carbocycles. The average molecular weight is 472 g/mol. The summed E-state index contributed by atoms with van der Waals surface area (Å²) >= 11 is 0. The third kappa shape index (κ3) is 4.53. The summed E-state index contributed by atoms with van der Waals surface area (Å²) in [7, 11) is 4.56. The van der Waals surface area contributed by atoms with Crippen molar-refractivity contribution >= 4 is 0 Å². The Labute approximate surface area is 180 Å². The minimum Gasteiger partial charge on any atom is -1.00 e. The van der Waals surface area contributed by atoms with Gasteiger partial charge in [-0.15, -0.1) is 0 Å². The standard InChI is InChI=1S/C23H26F4N.BrH/c1-28(2)21-3-4-22(28)6-14(5-21)7-23(15-8-17(24)12-18(25)9-15)16-10-19(26)13-20(27)11-16;/h8-14,21-23H,3-7H2,1-2H3;1H/q+1;/p-1/t14?,21-,22+;. The van der Waals surface area contributed by atoms with Crippen LogP contribution in [-0.4, -0.2) is 30.7 Å². The first kappa shape index (κ1) is 22.3. The van der Waals surface area contributed by atoms with Crippen molar-refractivity contribution in [2.24, 2.45) is 5.92 Å². The molecule has 0 radical (unpaired) electrons. The zero-order valence-electron chi connectivity index (χ0n) is 16.6. The van der Waals surface area contributed by atoms with Gasteiger partial charge in [-0.2, -0.15) is 0 Å². The van der Waals surface area contributed by atoms with Gasteiger partial charge in [0.2, 0.25) is 0 Å². The Morgan fingerprint density at radius 2 is 1.14 bits per heavy atom. The van der Waals surface area contributed by atoms with Gasteiger partial charge in [0.05, 0.1) is 26.2 Å². The Kier molecular flexibility index (Phi) is 6.44. The maximum Gasteiger partial charge on any atom is 0.126 e. The lowest BCUT2D eigenvalue weighted by molar-refractivity contribution is -0.931. The van der Waals surface area contributed by atoms with Crippen molar-refractivity contribution in [2.75, 3.05) is 14.1 Å². The molecule has 0 spiro atoms. The molecule has 29 heavy (non-hydrogen) atoms. The van der Waals surface area contributed by atoms with Gasteiger partial charge in [-0.05, 0) is 47.7 Å². The predicted molar refractivity (Wildman–Crippen MR) is 101 cm³/mol.